The first kappa shape index (κ1) is 13.5. The standard InChI is InChI=1S/C13H17N3O3S/c1-15-10-6-16(13(18)12-14-3-5-20-12)4-2-9(10)7-19-8-11(15)17/h3,5,9-10H,2,4,6-8H2,1H3/t9-,10-/m0/s1. The molecular formula is C13H17N3O3S. The van der Waals surface area contributed by atoms with Crippen LogP contribution in [0.15, 0.2) is 11.6 Å². The Labute approximate surface area is 121 Å². The fraction of sp³-hybridized carbons (Fsp3) is 0.615. The van der Waals surface area contributed by atoms with Gasteiger partial charge in [-0.3, -0.25) is 9.59 Å². The topological polar surface area (TPSA) is 62.7 Å². The third kappa shape index (κ3) is 2.43. The van der Waals surface area contributed by atoms with E-state index in [2.05, 4.69) is 4.98 Å². The molecule has 6 nitrogen and oxygen atoms in total. The van der Waals surface area contributed by atoms with Crippen molar-refractivity contribution in [3.8, 4) is 0 Å². The van der Waals surface area contributed by atoms with Crippen LogP contribution < -0.4 is 0 Å². The summed E-state index contributed by atoms with van der Waals surface area (Å²) in [6.07, 6.45) is 2.50. The fourth-order valence-electron chi connectivity index (χ4n) is 2.85. The van der Waals surface area contributed by atoms with Crippen molar-refractivity contribution in [1.29, 1.82) is 0 Å². The number of thiazole rings is 1. The second-order valence-electron chi connectivity index (χ2n) is 5.22. The van der Waals surface area contributed by atoms with Crippen molar-refractivity contribution in [3.05, 3.63) is 16.6 Å². The molecule has 20 heavy (non-hydrogen) atoms. The van der Waals surface area contributed by atoms with Gasteiger partial charge in [-0.2, -0.15) is 0 Å². The number of aromatic nitrogens is 1. The summed E-state index contributed by atoms with van der Waals surface area (Å²) in [4.78, 5) is 31.8. The number of nitrogens with zero attached hydrogens (tertiary/aromatic N) is 3. The number of rotatable bonds is 1. The zero-order chi connectivity index (χ0) is 14.1. The maximum atomic E-state index is 12.3. The van der Waals surface area contributed by atoms with Crippen molar-refractivity contribution in [2.75, 3.05) is 33.4 Å². The first-order valence-electron chi connectivity index (χ1n) is 6.69. The van der Waals surface area contributed by atoms with Gasteiger partial charge in [-0.25, -0.2) is 4.98 Å². The molecule has 2 aliphatic heterocycles. The first-order valence-corrected chi connectivity index (χ1v) is 7.57. The predicted octanol–water partition coefficient (Wildman–Crippen LogP) is 0.462. The van der Waals surface area contributed by atoms with E-state index in [0.717, 1.165) is 6.42 Å². The first-order chi connectivity index (χ1) is 9.66. The minimum Gasteiger partial charge on any atom is -0.371 e. The van der Waals surface area contributed by atoms with Gasteiger partial charge in [0.05, 0.1) is 12.6 Å². The molecule has 1 aromatic heterocycles. The predicted molar refractivity (Wildman–Crippen MR) is 73.5 cm³/mol. The average Bonchev–Trinajstić information content (AvgIpc) is 2.95. The Hall–Kier alpha value is -1.47. The highest BCUT2D eigenvalue weighted by Crippen LogP contribution is 2.25. The molecule has 3 rings (SSSR count). The Morgan fingerprint density at radius 2 is 2.40 bits per heavy atom. The number of hydrogen-bond donors (Lipinski definition) is 0. The molecule has 0 saturated carbocycles. The molecule has 0 bridgehead atoms. The van der Waals surface area contributed by atoms with Crippen LogP contribution in [-0.4, -0.2) is 66.0 Å². The molecule has 0 unspecified atom stereocenters. The SMILES string of the molecule is CN1C(=O)COC[C@@H]2CCN(C(=O)c3nccs3)C[C@@H]21. The van der Waals surface area contributed by atoms with Crippen molar-refractivity contribution in [2.45, 2.75) is 12.5 Å². The van der Waals surface area contributed by atoms with Gasteiger partial charge in [0.25, 0.3) is 5.91 Å². The van der Waals surface area contributed by atoms with Gasteiger partial charge in [0.15, 0.2) is 5.01 Å². The molecule has 0 radical (unpaired) electrons. The van der Waals surface area contributed by atoms with Crippen LogP contribution in [0.1, 0.15) is 16.2 Å². The molecule has 0 aliphatic carbocycles. The summed E-state index contributed by atoms with van der Waals surface area (Å²) in [5.74, 6) is 0.261. The quantitative estimate of drug-likeness (QED) is 0.755. The van der Waals surface area contributed by atoms with E-state index in [9.17, 15) is 9.59 Å². The summed E-state index contributed by atoms with van der Waals surface area (Å²) < 4.78 is 5.41. The molecule has 3 heterocycles. The third-order valence-corrected chi connectivity index (χ3v) is 4.83. The number of hydrogen-bond acceptors (Lipinski definition) is 5. The van der Waals surface area contributed by atoms with Gasteiger partial charge >= 0.3 is 0 Å². The highest BCUT2D eigenvalue weighted by Gasteiger charge is 2.38. The minimum absolute atomic E-state index is 0.0129. The van der Waals surface area contributed by atoms with E-state index in [4.69, 9.17) is 4.74 Å². The molecule has 108 valence electrons. The molecule has 2 aliphatic rings. The van der Waals surface area contributed by atoms with E-state index < -0.39 is 0 Å². The number of ether oxygens (including phenoxy) is 1. The lowest BCUT2D eigenvalue weighted by Gasteiger charge is -2.40. The van der Waals surface area contributed by atoms with Crippen LogP contribution in [-0.2, 0) is 9.53 Å². The van der Waals surface area contributed by atoms with E-state index in [0.29, 0.717) is 30.6 Å². The van der Waals surface area contributed by atoms with Gasteiger partial charge in [-0.05, 0) is 6.42 Å². The van der Waals surface area contributed by atoms with Crippen LogP contribution in [0.5, 0.6) is 0 Å². The Morgan fingerprint density at radius 3 is 3.15 bits per heavy atom. The number of likely N-dealkylation sites (N-methyl/N-ethyl adjacent to an activating group) is 1. The average molecular weight is 295 g/mol. The molecule has 0 spiro atoms. The molecule has 2 saturated heterocycles. The monoisotopic (exact) mass is 295 g/mol. The fourth-order valence-corrected chi connectivity index (χ4v) is 3.45. The molecule has 2 amide bonds. The van der Waals surface area contributed by atoms with Crippen LogP contribution in [0.2, 0.25) is 0 Å². The summed E-state index contributed by atoms with van der Waals surface area (Å²) in [6.45, 7) is 2.00. The van der Waals surface area contributed by atoms with Gasteiger partial charge in [0, 0.05) is 37.6 Å². The van der Waals surface area contributed by atoms with Crippen LogP contribution in [0, 0.1) is 5.92 Å². The van der Waals surface area contributed by atoms with Crippen molar-refractivity contribution in [1.82, 2.24) is 14.8 Å². The number of carbonyl (C=O) groups is 2. The molecule has 2 atom stereocenters. The Balaban J connectivity index is 1.75. The maximum Gasteiger partial charge on any atom is 0.282 e. The molecule has 1 aromatic rings. The van der Waals surface area contributed by atoms with Gasteiger partial charge < -0.3 is 14.5 Å². The number of fused-ring (bicyclic) bond motifs is 1. The van der Waals surface area contributed by atoms with Gasteiger partial charge in [0.1, 0.15) is 6.61 Å². The van der Waals surface area contributed by atoms with Gasteiger partial charge in [-0.15, -0.1) is 11.3 Å². The van der Waals surface area contributed by atoms with Crippen molar-refractivity contribution >= 4 is 23.2 Å². The van der Waals surface area contributed by atoms with Crippen LogP contribution in [0.3, 0.4) is 0 Å². The number of likely N-dealkylation sites (tertiary alicyclic amines) is 1. The van der Waals surface area contributed by atoms with E-state index in [-0.39, 0.29) is 24.5 Å². The Morgan fingerprint density at radius 1 is 1.55 bits per heavy atom. The molecule has 0 aromatic carbocycles. The largest absolute Gasteiger partial charge is 0.371 e. The van der Waals surface area contributed by atoms with E-state index in [1.54, 1.807) is 28.4 Å². The maximum absolute atomic E-state index is 12.3. The van der Waals surface area contributed by atoms with Crippen molar-refractivity contribution in [2.24, 2.45) is 5.92 Å². The number of amides is 2. The molecule has 0 N–H and O–H groups in total. The third-order valence-electron chi connectivity index (χ3n) is 4.07. The van der Waals surface area contributed by atoms with Crippen LogP contribution in [0.4, 0.5) is 0 Å². The smallest absolute Gasteiger partial charge is 0.282 e. The summed E-state index contributed by atoms with van der Waals surface area (Å²) >= 11 is 1.35. The zero-order valence-electron chi connectivity index (χ0n) is 11.3. The summed E-state index contributed by atoms with van der Waals surface area (Å²) in [5.41, 5.74) is 0. The number of piperidine rings is 1. The lowest BCUT2D eigenvalue weighted by atomic mass is 9.91. The van der Waals surface area contributed by atoms with Crippen molar-refractivity contribution < 1.29 is 14.3 Å². The highest BCUT2D eigenvalue weighted by atomic mass is 32.1. The second kappa shape index (κ2) is 5.49. The highest BCUT2D eigenvalue weighted by molar-refractivity contribution is 7.11. The van der Waals surface area contributed by atoms with Crippen LogP contribution in [0.25, 0.3) is 0 Å². The summed E-state index contributed by atoms with van der Waals surface area (Å²) in [6, 6.07) is 0.0441. The van der Waals surface area contributed by atoms with E-state index in [1.807, 2.05) is 0 Å². The van der Waals surface area contributed by atoms with E-state index in [1.165, 1.54) is 11.3 Å². The minimum atomic E-state index is -0.0375. The molecule has 7 heteroatoms. The van der Waals surface area contributed by atoms with Gasteiger partial charge in [-0.1, -0.05) is 0 Å². The summed E-state index contributed by atoms with van der Waals surface area (Å²) in [7, 11) is 1.80. The molecular weight excluding hydrogens is 278 g/mol. The molecule has 2 fully saturated rings. The number of carbonyl (C=O) groups excluding carboxylic acids is 2. The lowest BCUT2D eigenvalue weighted by molar-refractivity contribution is -0.134. The second-order valence-corrected chi connectivity index (χ2v) is 6.12. The lowest BCUT2D eigenvalue weighted by Crippen LogP contribution is -2.54. The summed E-state index contributed by atoms with van der Waals surface area (Å²) in [5, 5.41) is 2.32. The van der Waals surface area contributed by atoms with Crippen molar-refractivity contribution in [3.63, 3.8) is 0 Å². The van der Waals surface area contributed by atoms with Gasteiger partial charge in [0.2, 0.25) is 5.91 Å². The normalized spacial score (nSPS) is 27.1. The Bertz CT molecular complexity index is 505. The zero-order valence-corrected chi connectivity index (χ0v) is 12.1. The van der Waals surface area contributed by atoms with Crippen LogP contribution >= 0.6 is 11.3 Å². The van der Waals surface area contributed by atoms with E-state index >= 15 is 0 Å². The Kier molecular flexibility index (Phi) is 3.71.